The van der Waals surface area contributed by atoms with Gasteiger partial charge in [-0.15, -0.1) is 0 Å². The van der Waals surface area contributed by atoms with Crippen molar-refractivity contribution in [3.05, 3.63) is 54.0 Å². The minimum Gasteiger partial charge on any atom is -0.472 e. The smallest absolute Gasteiger partial charge is 0.416 e. The molecule has 118 valence electrons. The van der Waals surface area contributed by atoms with Crippen LogP contribution >= 0.6 is 0 Å². The van der Waals surface area contributed by atoms with Crippen molar-refractivity contribution in [1.29, 1.82) is 0 Å². The van der Waals surface area contributed by atoms with Gasteiger partial charge in [0.1, 0.15) is 0 Å². The molecule has 2 amide bonds. The Morgan fingerprint density at radius 1 is 1.32 bits per heavy atom. The summed E-state index contributed by atoms with van der Waals surface area (Å²) in [6.45, 7) is 1.79. The van der Waals surface area contributed by atoms with Gasteiger partial charge in [0.05, 0.1) is 18.1 Å². The Morgan fingerprint density at radius 3 is 2.73 bits per heavy atom. The van der Waals surface area contributed by atoms with Crippen LogP contribution in [0.5, 0.6) is 0 Å². The van der Waals surface area contributed by atoms with E-state index in [2.05, 4.69) is 10.6 Å². The van der Waals surface area contributed by atoms with E-state index in [-0.39, 0.29) is 11.7 Å². The molecule has 1 heterocycles. The van der Waals surface area contributed by atoms with Crippen LogP contribution in [0.1, 0.15) is 18.1 Å². The van der Waals surface area contributed by atoms with Gasteiger partial charge in [0, 0.05) is 11.7 Å². The molecule has 0 spiro atoms. The van der Waals surface area contributed by atoms with Gasteiger partial charge in [0.25, 0.3) is 0 Å². The number of furan rings is 1. The lowest BCUT2D eigenvalue weighted by Crippen LogP contribution is -2.37. The summed E-state index contributed by atoms with van der Waals surface area (Å²) in [4.78, 5) is 11.8. The Balaban J connectivity index is 1.91. The lowest BCUT2D eigenvalue weighted by molar-refractivity contribution is -0.137. The van der Waals surface area contributed by atoms with E-state index < -0.39 is 17.8 Å². The predicted molar refractivity (Wildman–Crippen MR) is 75.5 cm³/mol. The van der Waals surface area contributed by atoms with Crippen molar-refractivity contribution in [2.75, 3.05) is 5.32 Å². The van der Waals surface area contributed by atoms with Crippen LogP contribution in [0, 0.1) is 0 Å². The van der Waals surface area contributed by atoms with Crippen LogP contribution < -0.4 is 10.6 Å². The number of amides is 2. The molecule has 0 bridgehead atoms. The molecule has 0 aliphatic rings. The van der Waals surface area contributed by atoms with Crippen LogP contribution in [0.2, 0.25) is 0 Å². The van der Waals surface area contributed by atoms with Gasteiger partial charge in [-0.3, -0.25) is 0 Å². The van der Waals surface area contributed by atoms with E-state index in [4.69, 9.17) is 4.42 Å². The normalized spacial score (nSPS) is 12.7. The first-order chi connectivity index (χ1) is 10.3. The Bertz CT molecular complexity index is 624. The number of urea groups is 1. The van der Waals surface area contributed by atoms with Gasteiger partial charge < -0.3 is 15.1 Å². The molecule has 4 nitrogen and oxygen atoms in total. The summed E-state index contributed by atoms with van der Waals surface area (Å²) < 4.78 is 42.7. The number of halogens is 3. The number of anilines is 1. The lowest BCUT2D eigenvalue weighted by atomic mass is 10.1. The van der Waals surface area contributed by atoms with Gasteiger partial charge in [-0.25, -0.2) is 4.79 Å². The van der Waals surface area contributed by atoms with Crippen molar-refractivity contribution in [1.82, 2.24) is 5.32 Å². The molecule has 2 aromatic rings. The summed E-state index contributed by atoms with van der Waals surface area (Å²) in [6, 6.07) is 5.51. The monoisotopic (exact) mass is 312 g/mol. The van der Waals surface area contributed by atoms with E-state index in [9.17, 15) is 18.0 Å². The second-order valence-corrected chi connectivity index (χ2v) is 4.91. The molecule has 0 saturated carbocycles. The van der Waals surface area contributed by atoms with Crippen molar-refractivity contribution in [2.24, 2.45) is 0 Å². The maximum Gasteiger partial charge on any atom is 0.416 e. The number of alkyl halides is 3. The van der Waals surface area contributed by atoms with Crippen LogP contribution in [-0.4, -0.2) is 12.1 Å². The molecule has 22 heavy (non-hydrogen) atoms. The Kier molecular flexibility index (Phi) is 4.75. The number of rotatable bonds is 4. The first-order valence-electron chi connectivity index (χ1n) is 6.60. The molecular formula is C15H15F3N2O2. The maximum absolute atomic E-state index is 12.6. The zero-order chi connectivity index (χ0) is 16.2. The lowest BCUT2D eigenvalue weighted by Gasteiger charge is -2.14. The fourth-order valence-corrected chi connectivity index (χ4v) is 1.98. The average Bonchev–Trinajstić information content (AvgIpc) is 2.90. The topological polar surface area (TPSA) is 54.3 Å². The molecule has 2 N–H and O–H groups in total. The third-order valence-electron chi connectivity index (χ3n) is 2.95. The Morgan fingerprint density at radius 2 is 2.09 bits per heavy atom. The number of hydrogen-bond donors (Lipinski definition) is 2. The average molecular weight is 312 g/mol. The summed E-state index contributed by atoms with van der Waals surface area (Å²) in [5.41, 5.74) is 0.200. The molecule has 1 unspecified atom stereocenters. The number of carbonyl (C=O) groups is 1. The van der Waals surface area contributed by atoms with E-state index in [1.807, 2.05) is 0 Å². The third-order valence-corrected chi connectivity index (χ3v) is 2.95. The first-order valence-corrected chi connectivity index (χ1v) is 6.60. The van der Waals surface area contributed by atoms with Crippen molar-refractivity contribution < 1.29 is 22.4 Å². The summed E-state index contributed by atoms with van der Waals surface area (Å²) in [7, 11) is 0. The Hall–Kier alpha value is -2.44. The van der Waals surface area contributed by atoms with Crippen LogP contribution in [-0.2, 0) is 12.6 Å². The highest BCUT2D eigenvalue weighted by Gasteiger charge is 2.30. The third kappa shape index (κ3) is 4.54. The van der Waals surface area contributed by atoms with Crippen LogP contribution in [0.4, 0.5) is 23.7 Å². The van der Waals surface area contributed by atoms with Crippen molar-refractivity contribution in [3.63, 3.8) is 0 Å². The molecule has 1 aromatic heterocycles. The zero-order valence-electron chi connectivity index (χ0n) is 11.8. The largest absolute Gasteiger partial charge is 0.472 e. The highest BCUT2D eigenvalue weighted by atomic mass is 19.4. The van der Waals surface area contributed by atoms with Gasteiger partial charge in [0.15, 0.2) is 0 Å². The van der Waals surface area contributed by atoms with Crippen molar-refractivity contribution in [2.45, 2.75) is 25.6 Å². The van der Waals surface area contributed by atoms with E-state index in [0.29, 0.717) is 6.42 Å². The van der Waals surface area contributed by atoms with Crippen LogP contribution in [0.3, 0.4) is 0 Å². The van der Waals surface area contributed by atoms with Gasteiger partial charge in [0.2, 0.25) is 0 Å². The van der Waals surface area contributed by atoms with Crippen LogP contribution in [0.15, 0.2) is 47.3 Å². The molecule has 1 atom stereocenters. The summed E-state index contributed by atoms with van der Waals surface area (Å²) in [6.07, 6.45) is -0.775. The molecule has 0 aliphatic heterocycles. The Labute approximate surface area is 125 Å². The number of nitrogens with one attached hydrogen (secondary N) is 2. The molecule has 2 rings (SSSR count). The second kappa shape index (κ2) is 6.55. The molecular weight excluding hydrogens is 297 g/mol. The summed E-state index contributed by atoms with van der Waals surface area (Å²) in [5, 5.41) is 5.04. The van der Waals surface area contributed by atoms with E-state index in [0.717, 1.165) is 17.7 Å². The fraction of sp³-hybridized carbons (Fsp3) is 0.267. The summed E-state index contributed by atoms with van der Waals surface area (Å²) in [5.74, 6) is 0. The van der Waals surface area contributed by atoms with Crippen LogP contribution in [0.25, 0.3) is 0 Å². The standard InChI is InChI=1S/C15H15F3N2O2/c1-10(7-11-5-6-22-9-11)19-14(21)20-13-4-2-3-12(8-13)15(16,17)18/h2-6,8-10H,7H2,1H3,(H2,19,20,21). The maximum atomic E-state index is 12.6. The first kappa shape index (κ1) is 15.9. The molecule has 0 fully saturated rings. The van der Waals surface area contributed by atoms with E-state index in [1.54, 1.807) is 19.3 Å². The fourth-order valence-electron chi connectivity index (χ4n) is 1.98. The molecule has 7 heteroatoms. The SMILES string of the molecule is CC(Cc1ccoc1)NC(=O)Nc1cccc(C(F)(F)F)c1. The molecule has 1 aromatic carbocycles. The number of benzene rings is 1. The van der Waals surface area contributed by atoms with Crippen molar-refractivity contribution >= 4 is 11.7 Å². The predicted octanol–water partition coefficient (Wildman–Crippen LogP) is 4.05. The summed E-state index contributed by atoms with van der Waals surface area (Å²) >= 11 is 0. The quantitative estimate of drug-likeness (QED) is 0.895. The molecule has 0 aliphatic carbocycles. The second-order valence-electron chi connectivity index (χ2n) is 4.91. The van der Waals surface area contributed by atoms with Gasteiger partial charge in [-0.2, -0.15) is 13.2 Å². The zero-order valence-corrected chi connectivity index (χ0v) is 11.8. The highest BCUT2D eigenvalue weighted by molar-refractivity contribution is 5.89. The number of hydrogen-bond acceptors (Lipinski definition) is 2. The van der Waals surface area contributed by atoms with Gasteiger partial charge in [-0.05, 0) is 43.2 Å². The van der Waals surface area contributed by atoms with E-state index in [1.165, 1.54) is 18.4 Å². The van der Waals surface area contributed by atoms with E-state index >= 15 is 0 Å². The van der Waals surface area contributed by atoms with Crippen molar-refractivity contribution in [3.8, 4) is 0 Å². The minimum absolute atomic E-state index is 0.0860. The minimum atomic E-state index is -4.44. The highest BCUT2D eigenvalue weighted by Crippen LogP contribution is 2.30. The van der Waals surface area contributed by atoms with Gasteiger partial charge in [-0.1, -0.05) is 6.07 Å². The van der Waals surface area contributed by atoms with Gasteiger partial charge >= 0.3 is 12.2 Å². The number of carbonyl (C=O) groups excluding carboxylic acids is 1. The molecule has 0 radical (unpaired) electrons. The molecule has 0 saturated heterocycles.